The lowest BCUT2D eigenvalue weighted by atomic mass is 9.80. The van der Waals surface area contributed by atoms with Gasteiger partial charge in [0.25, 0.3) is 0 Å². The van der Waals surface area contributed by atoms with Crippen LogP contribution in [0.4, 0.5) is 9.59 Å². The van der Waals surface area contributed by atoms with E-state index in [4.69, 9.17) is 22.6 Å². The number of hydrogen-bond donors (Lipinski definition) is 5. The summed E-state index contributed by atoms with van der Waals surface area (Å²) in [7, 11) is 0. The highest BCUT2D eigenvalue weighted by Crippen LogP contribution is 2.30. The predicted octanol–water partition coefficient (Wildman–Crippen LogP) is 0.448. The fourth-order valence-corrected chi connectivity index (χ4v) is 4.23. The van der Waals surface area contributed by atoms with Crippen molar-refractivity contribution in [1.29, 1.82) is 0 Å². The Morgan fingerprint density at radius 1 is 1.19 bits per heavy atom. The van der Waals surface area contributed by atoms with Crippen molar-refractivity contribution in [1.82, 2.24) is 15.5 Å². The summed E-state index contributed by atoms with van der Waals surface area (Å²) in [5.74, 6) is 0.450. The van der Waals surface area contributed by atoms with Gasteiger partial charge in [0.15, 0.2) is 0 Å². The summed E-state index contributed by atoms with van der Waals surface area (Å²) in [5, 5.41) is 14.3. The molecule has 0 aromatic heterocycles. The Kier molecular flexibility index (Phi) is 8.89. The summed E-state index contributed by atoms with van der Waals surface area (Å²) in [6.45, 7) is 4.54. The number of benzene rings is 1. The Hall–Kier alpha value is -4.27. The van der Waals surface area contributed by atoms with Gasteiger partial charge in [-0.3, -0.25) is 14.4 Å². The molecule has 0 spiro atoms. The Morgan fingerprint density at radius 3 is 2.31 bits per heavy atom. The van der Waals surface area contributed by atoms with Crippen LogP contribution in [0.1, 0.15) is 50.8 Å². The normalized spacial score (nSPS) is 18.9. The van der Waals surface area contributed by atoms with E-state index in [2.05, 4.69) is 16.6 Å². The minimum Gasteiger partial charge on any atom is -0.465 e. The lowest BCUT2D eigenvalue weighted by molar-refractivity contribution is -0.143. The summed E-state index contributed by atoms with van der Waals surface area (Å²) in [6.07, 6.45) is 1.54. The van der Waals surface area contributed by atoms with Crippen molar-refractivity contribution in [2.75, 3.05) is 6.54 Å². The molecule has 0 unspecified atom stereocenters. The van der Waals surface area contributed by atoms with Gasteiger partial charge in [0.1, 0.15) is 18.2 Å². The number of nitrogens with zero attached hydrogens (tertiary/aromatic N) is 1. The van der Waals surface area contributed by atoms with Crippen LogP contribution in [0.5, 0.6) is 0 Å². The Balaban J connectivity index is 2.32. The van der Waals surface area contributed by atoms with Crippen molar-refractivity contribution >= 4 is 29.9 Å². The number of rotatable bonds is 9. The van der Waals surface area contributed by atoms with E-state index < -0.39 is 59.6 Å². The Labute approximate surface area is 208 Å². The largest absolute Gasteiger partial charge is 0.465 e. The molecule has 1 saturated heterocycles. The highest BCUT2D eigenvalue weighted by molar-refractivity contribution is 5.93. The number of hydrogen-bond acceptors (Lipinski definition) is 6. The van der Waals surface area contributed by atoms with Gasteiger partial charge in [0.05, 0.1) is 12.6 Å². The van der Waals surface area contributed by atoms with Gasteiger partial charge in [-0.05, 0) is 24.6 Å². The molecule has 7 N–H and O–H groups in total. The van der Waals surface area contributed by atoms with Crippen LogP contribution in [0.3, 0.4) is 0 Å². The van der Waals surface area contributed by atoms with Gasteiger partial charge in [0.2, 0.25) is 17.7 Å². The standard InChI is InChI=1S/C24H31N5O7/c1-5-14-6-8-15(9-7-14)13(2)27-20(31)17-10-16(36-22(26)33)12-29(17)21(32)19(28-23(34)35)24(3,4)11-18(25)30/h1,6-9,13,16-17,19,28H,10-12H2,2-4H3,(H2,25,30)(H2,26,33)(H,27,31)(H,34,35)/t13-,16+,17-,19+/m0/s1. The van der Waals surface area contributed by atoms with Crippen molar-refractivity contribution in [3.8, 4) is 12.3 Å². The predicted molar refractivity (Wildman–Crippen MR) is 128 cm³/mol. The molecule has 12 heteroatoms. The fourth-order valence-electron chi connectivity index (χ4n) is 4.23. The third-order valence-electron chi connectivity index (χ3n) is 5.99. The first-order valence-electron chi connectivity index (χ1n) is 11.2. The van der Waals surface area contributed by atoms with Crippen LogP contribution in [0.2, 0.25) is 0 Å². The molecular weight excluding hydrogens is 470 g/mol. The van der Waals surface area contributed by atoms with Crippen molar-refractivity contribution in [3.05, 3.63) is 35.4 Å². The monoisotopic (exact) mass is 501 g/mol. The Morgan fingerprint density at radius 2 is 1.81 bits per heavy atom. The van der Waals surface area contributed by atoms with Gasteiger partial charge in [-0.15, -0.1) is 6.42 Å². The molecule has 1 aromatic rings. The van der Waals surface area contributed by atoms with Crippen molar-refractivity contribution < 1.29 is 33.8 Å². The number of nitrogens with two attached hydrogens (primary N) is 2. The van der Waals surface area contributed by atoms with E-state index in [-0.39, 0.29) is 19.4 Å². The first kappa shape index (κ1) is 28.0. The van der Waals surface area contributed by atoms with Gasteiger partial charge in [0, 0.05) is 23.8 Å². The van der Waals surface area contributed by atoms with E-state index in [1.807, 2.05) is 0 Å². The molecule has 0 aliphatic carbocycles. The maximum atomic E-state index is 13.6. The lowest BCUT2D eigenvalue weighted by Crippen LogP contribution is -2.58. The highest BCUT2D eigenvalue weighted by atomic mass is 16.6. The summed E-state index contributed by atoms with van der Waals surface area (Å²) in [5.41, 5.74) is 10.6. The maximum absolute atomic E-state index is 13.6. The zero-order valence-corrected chi connectivity index (χ0v) is 20.3. The first-order chi connectivity index (χ1) is 16.7. The minimum absolute atomic E-state index is 0.0562. The molecule has 4 atom stereocenters. The van der Waals surface area contributed by atoms with Gasteiger partial charge < -0.3 is 36.8 Å². The second-order valence-electron chi connectivity index (χ2n) is 9.31. The molecule has 1 aromatic carbocycles. The molecule has 1 aliphatic rings. The molecule has 0 radical (unpaired) electrons. The molecule has 194 valence electrons. The number of ether oxygens (including phenoxy) is 1. The van der Waals surface area contributed by atoms with E-state index in [0.29, 0.717) is 5.56 Å². The van der Waals surface area contributed by atoms with Gasteiger partial charge >= 0.3 is 12.2 Å². The van der Waals surface area contributed by atoms with Gasteiger partial charge in [-0.1, -0.05) is 31.9 Å². The molecule has 0 bridgehead atoms. The van der Waals surface area contributed by atoms with Crippen LogP contribution < -0.4 is 22.1 Å². The summed E-state index contributed by atoms with van der Waals surface area (Å²) >= 11 is 0. The molecular formula is C24H31N5O7. The van der Waals surface area contributed by atoms with E-state index in [0.717, 1.165) is 10.5 Å². The highest BCUT2D eigenvalue weighted by Gasteiger charge is 2.47. The van der Waals surface area contributed by atoms with Crippen molar-refractivity contribution in [2.45, 2.75) is 57.8 Å². The average molecular weight is 502 g/mol. The van der Waals surface area contributed by atoms with Crippen LogP contribution in [0.25, 0.3) is 0 Å². The van der Waals surface area contributed by atoms with Crippen LogP contribution >= 0.6 is 0 Å². The second kappa shape index (κ2) is 11.4. The zero-order chi connectivity index (χ0) is 27.2. The number of primary amides is 2. The van der Waals surface area contributed by atoms with Crippen LogP contribution in [0, 0.1) is 17.8 Å². The second-order valence-corrected chi connectivity index (χ2v) is 9.31. The van der Waals surface area contributed by atoms with E-state index >= 15 is 0 Å². The first-order valence-corrected chi connectivity index (χ1v) is 11.2. The molecule has 36 heavy (non-hydrogen) atoms. The average Bonchev–Trinajstić information content (AvgIpc) is 3.19. The van der Waals surface area contributed by atoms with Crippen LogP contribution in [-0.2, 0) is 19.1 Å². The topological polar surface area (TPSA) is 194 Å². The lowest BCUT2D eigenvalue weighted by Gasteiger charge is -2.36. The van der Waals surface area contributed by atoms with E-state index in [1.165, 1.54) is 13.8 Å². The minimum atomic E-state index is -1.50. The smallest absolute Gasteiger partial charge is 0.405 e. The number of nitrogens with one attached hydrogen (secondary N) is 2. The SMILES string of the molecule is C#Cc1ccc([C@H](C)NC(=O)[C@@H]2C[C@@H](OC(N)=O)CN2C(=O)[C@@H](NC(=O)O)C(C)(C)CC(N)=O)cc1. The molecule has 12 nitrogen and oxygen atoms in total. The fraction of sp³-hybridized carbons (Fsp3) is 0.458. The molecule has 0 saturated carbocycles. The van der Waals surface area contributed by atoms with Crippen LogP contribution in [0.15, 0.2) is 24.3 Å². The number of carbonyl (C=O) groups excluding carboxylic acids is 4. The summed E-state index contributed by atoms with van der Waals surface area (Å²) in [4.78, 5) is 62.3. The van der Waals surface area contributed by atoms with Gasteiger partial charge in [-0.2, -0.15) is 0 Å². The quantitative estimate of drug-likeness (QED) is 0.303. The number of terminal acetylenes is 1. The third kappa shape index (κ3) is 7.11. The maximum Gasteiger partial charge on any atom is 0.405 e. The number of carboxylic acid groups (broad SMARTS) is 1. The summed E-state index contributed by atoms with van der Waals surface area (Å²) in [6, 6.07) is 3.99. The molecule has 1 heterocycles. The van der Waals surface area contributed by atoms with Crippen molar-refractivity contribution in [3.63, 3.8) is 0 Å². The number of carbonyl (C=O) groups is 5. The van der Waals surface area contributed by atoms with Crippen molar-refractivity contribution in [2.24, 2.45) is 16.9 Å². The number of likely N-dealkylation sites (tertiary alicyclic amines) is 1. The molecule has 1 fully saturated rings. The number of amides is 5. The third-order valence-corrected chi connectivity index (χ3v) is 5.99. The molecule has 1 aliphatic heterocycles. The summed E-state index contributed by atoms with van der Waals surface area (Å²) < 4.78 is 5.03. The van der Waals surface area contributed by atoms with Crippen LogP contribution in [-0.4, -0.2) is 64.6 Å². The molecule has 5 amide bonds. The van der Waals surface area contributed by atoms with E-state index in [9.17, 15) is 29.1 Å². The van der Waals surface area contributed by atoms with E-state index in [1.54, 1.807) is 31.2 Å². The Bertz CT molecular complexity index is 1060. The van der Waals surface area contributed by atoms with Gasteiger partial charge in [-0.25, -0.2) is 9.59 Å². The zero-order valence-electron chi connectivity index (χ0n) is 20.3. The molecule has 2 rings (SSSR count).